The van der Waals surface area contributed by atoms with Crippen molar-refractivity contribution in [1.29, 1.82) is 0 Å². The van der Waals surface area contributed by atoms with Crippen LogP contribution in [0, 0.1) is 11.7 Å². The Bertz CT molecular complexity index is 992. The van der Waals surface area contributed by atoms with Crippen molar-refractivity contribution in [3.8, 4) is 11.3 Å². The Labute approximate surface area is 161 Å². The van der Waals surface area contributed by atoms with Crippen molar-refractivity contribution in [2.24, 2.45) is 5.92 Å². The van der Waals surface area contributed by atoms with E-state index in [9.17, 15) is 14.0 Å². The van der Waals surface area contributed by atoms with E-state index in [1.54, 1.807) is 23.1 Å². The number of nitrogens with zero attached hydrogens (tertiary/aromatic N) is 2. The first-order valence-corrected chi connectivity index (χ1v) is 9.23. The van der Waals surface area contributed by atoms with Gasteiger partial charge in [0.15, 0.2) is 17.2 Å². The number of rotatable bonds is 4. The summed E-state index contributed by atoms with van der Waals surface area (Å²) in [7, 11) is 0. The Hall–Kier alpha value is -3.28. The largest absolute Gasteiger partial charge is 0.355 e. The molecule has 6 heteroatoms. The summed E-state index contributed by atoms with van der Waals surface area (Å²) in [5.74, 6) is -0.445. The monoisotopic (exact) mass is 378 g/mol. The minimum Gasteiger partial charge on any atom is -0.355 e. The number of aromatic nitrogens is 1. The topological polar surface area (TPSA) is 63.4 Å². The Morgan fingerprint density at radius 3 is 2.39 bits per heavy atom. The summed E-state index contributed by atoms with van der Waals surface area (Å²) < 4.78 is 19.1. The molecule has 2 aromatic carbocycles. The Morgan fingerprint density at radius 1 is 1.00 bits per heavy atom. The molecule has 1 aliphatic heterocycles. The molecule has 0 bridgehead atoms. The van der Waals surface area contributed by atoms with E-state index >= 15 is 0 Å². The average Bonchev–Trinajstić information content (AvgIpc) is 3.24. The van der Waals surface area contributed by atoms with Crippen molar-refractivity contribution in [3.05, 3.63) is 77.7 Å². The van der Waals surface area contributed by atoms with Crippen LogP contribution in [0.3, 0.4) is 0 Å². The van der Waals surface area contributed by atoms with E-state index in [0.717, 1.165) is 0 Å². The molecule has 0 spiro atoms. The number of halogens is 1. The first kappa shape index (κ1) is 18.1. The number of Topliss-reactive ketones (excluding diaryl/α,β-unsaturated/α-hetero) is 1. The highest BCUT2D eigenvalue weighted by Gasteiger charge is 2.29. The summed E-state index contributed by atoms with van der Waals surface area (Å²) in [5.41, 5.74) is 1.12. The van der Waals surface area contributed by atoms with Gasteiger partial charge < -0.3 is 9.42 Å². The number of carbonyl (C=O) groups excluding carboxylic acids is 2. The molecule has 4 rings (SSSR count). The lowest BCUT2D eigenvalue weighted by atomic mass is 9.89. The van der Waals surface area contributed by atoms with Crippen molar-refractivity contribution in [1.82, 2.24) is 10.1 Å². The summed E-state index contributed by atoms with van der Waals surface area (Å²) in [6.45, 7) is 0.952. The summed E-state index contributed by atoms with van der Waals surface area (Å²) in [5, 5.41) is 3.81. The van der Waals surface area contributed by atoms with Crippen LogP contribution in [-0.2, 0) is 0 Å². The maximum absolute atomic E-state index is 13.9. The second kappa shape index (κ2) is 7.76. The highest BCUT2D eigenvalue weighted by molar-refractivity contribution is 5.98. The number of ketones is 1. The fraction of sp³-hybridized carbons (Fsp3) is 0.227. The molecule has 28 heavy (non-hydrogen) atoms. The fourth-order valence-electron chi connectivity index (χ4n) is 3.51. The van der Waals surface area contributed by atoms with Crippen LogP contribution in [0.25, 0.3) is 11.3 Å². The molecule has 0 N–H and O–H groups in total. The minimum absolute atomic E-state index is 0.0854. The molecule has 2 heterocycles. The number of piperidine rings is 1. The van der Waals surface area contributed by atoms with Gasteiger partial charge >= 0.3 is 0 Å². The van der Waals surface area contributed by atoms with Crippen LogP contribution >= 0.6 is 0 Å². The maximum atomic E-state index is 13.9. The molecule has 1 saturated heterocycles. The minimum atomic E-state index is -0.433. The highest BCUT2D eigenvalue weighted by Crippen LogP contribution is 2.26. The van der Waals surface area contributed by atoms with E-state index in [2.05, 4.69) is 5.16 Å². The predicted molar refractivity (Wildman–Crippen MR) is 101 cm³/mol. The molecule has 0 saturated carbocycles. The van der Waals surface area contributed by atoms with Crippen molar-refractivity contribution in [2.75, 3.05) is 13.1 Å². The number of hydrogen-bond donors (Lipinski definition) is 0. The van der Waals surface area contributed by atoms with Gasteiger partial charge in [0.1, 0.15) is 5.82 Å². The number of carbonyl (C=O) groups is 2. The van der Waals surface area contributed by atoms with Gasteiger partial charge in [0.05, 0.1) is 5.56 Å². The summed E-state index contributed by atoms with van der Waals surface area (Å²) >= 11 is 0. The summed E-state index contributed by atoms with van der Waals surface area (Å²) in [4.78, 5) is 26.9. The molecule has 142 valence electrons. The smallest absolute Gasteiger partial charge is 0.276 e. The highest BCUT2D eigenvalue weighted by atomic mass is 19.1. The summed E-state index contributed by atoms with van der Waals surface area (Å²) in [6, 6.07) is 16.9. The molecule has 0 radical (unpaired) electrons. The molecule has 3 aromatic rings. The Kier molecular flexibility index (Phi) is 5.02. The Morgan fingerprint density at radius 2 is 1.68 bits per heavy atom. The molecule has 5 nitrogen and oxygen atoms in total. The van der Waals surface area contributed by atoms with Crippen LogP contribution in [0.5, 0.6) is 0 Å². The zero-order chi connectivity index (χ0) is 19.5. The van der Waals surface area contributed by atoms with E-state index < -0.39 is 5.82 Å². The first-order chi connectivity index (χ1) is 13.6. The standard InChI is InChI=1S/C22H19FN2O3/c23-18-9-5-4-8-17(18)20-14-19(24-28-20)22(27)25-12-10-16(11-13-25)21(26)15-6-2-1-3-7-15/h1-9,14,16H,10-13H2. The third-order valence-corrected chi connectivity index (χ3v) is 5.08. The van der Waals surface area contributed by atoms with Gasteiger partial charge in [-0.3, -0.25) is 9.59 Å². The van der Waals surface area contributed by atoms with Gasteiger partial charge in [-0.25, -0.2) is 4.39 Å². The Balaban J connectivity index is 1.41. The third kappa shape index (κ3) is 3.58. The van der Waals surface area contributed by atoms with E-state index in [-0.39, 0.29) is 34.6 Å². The average molecular weight is 378 g/mol. The molecular formula is C22H19FN2O3. The van der Waals surface area contributed by atoms with Crippen LogP contribution in [0.15, 0.2) is 65.2 Å². The van der Waals surface area contributed by atoms with Crippen molar-refractivity contribution >= 4 is 11.7 Å². The van der Waals surface area contributed by atoms with Crippen LogP contribution in [0.1, 0.15) is 33.7 Å². The second-order valence-corrected chi connectivity index (χ2v) is 6.85. The maximum Gasteiger partial charge on any atom is 0.276 e. The normalized spacial score (nSPS) is 14.8. The van der Waals surface area contributed by atoms with Gasteiger partial charge in [-0.05, 0) is 25.0 Å². The number of likely N-dealkylation sites (tertiary alicyclic amines) is 1. The summed E-state index contributed by atoms with van der Waals surface area (Å²) in [6.07, 6.45) is 1.22. The molecule has 0 aliphatic carbocycles. The van der Waals surface area contributed by atoms with E-state index in [4.69, 9.17) is 4.52 Å². The molecule has 1 aliphatic rings. The molecule has 1 aromatic heterocycles. The van der Waals surface area contributed by atoms with Crippen LogP contribution in [0.2, 0.25) is 0 Å². The van der Waals surface area contributed by atoms with Crippen LogP contribution in [-0.4, -0.2) is 34.8 Å². The third-order valence-electron chi connectivity index (χ3n) is 5.08. The van der Waals surface area contributed by atoms with Crippen LogP contribution < -0.4 is 0 Å². The van der Waals surface area contributed by atoms with Crippen molar-refractivity contribution in [2.45, 2.75) is 12.8 Å². The zero-order valence-corrected chi connectivity index (χ0v) is 15.2. The molecule has 0 atom stereocenters. The number of benzene rings is 2. The fourth-order valence-corrected chi connectivity index (χ4v) is 3.51. The van der Waals surface area contributed by atoms with Crippen molar-refractivity contribution < 1.29 is 18.5 Å². The molecule has 0 unspecified atom stereocenters. The SMILES string of the molecule is O=C(c1ccccc1)C1CCN(C(=O)c2cc(-c3ccccc3F)on2)CC1. The van der Waals surface area contributed by atoms with Crippen LogP contribution in [0.4, 0.5) is 4.39 Å². The van der Waals surface area contributed by atoms with Gasteiger partial charge in [-0.1, -0.05) is 47.6 Å². The molecular weight excluding hydrogens is 359 g/mol. The predicted octanol–water partition coefficient (Wildman–Crippen LogP) is 4.22. The number of hydrogen-bond acceptors (Lipinski definition) is 4. The lowest BCUT2D eigenvalue weighted by Gasteiger charge is -2.30. The lowest BCUT2D eigenvalue weighted by Crippen LogP contribution is -2.40. The second-order valence-electron chi connectivity index (χ2n) is 6.85. The van der Waals surface area contributed by atoms with E-state index in [1.165, 1.54) is 12.1 Å². The number of amides is 1. The zero-order valence-electron chi connectivity index (χ0n) is 15.2. The van der Waals surface area contributed by atoms with Gasteiger partial charge in [-0.2, -0.15) is 0 Å². The van der Waals surface area contributed by atoms with Gasteiger partial charge in [0.25, 0.3) is 5.91 Å². The first-order valence-electron chi connectivity index (χ1n) is 9.23. The van der Waals surface area contributed by atoms with E-state index in [0.29, 0.717) is 31.5 Å². The molecule has 1 fully saturated rings. The van der Waals surface area contributed by atoms with Gasteiger partial charge in [-0.15, -0.1) is 0 Å². The van der Waals surface area contributed by atoms with Crippen molar-refractivity contribution in [3.63, 3.8) is 0 Å². The molecule has 1 amide bonds. The van der Waals surface area contributed by atoms with Gasteiger partial charge in [0, 0.05) is 30.6 Å². The van der Waals surface area contributed by atoms with Gasteiger partial charge in [0.2, 0.25) is 0 Å². The van der Waals surface area contributed by atoms with E-state index in [1.807, 2.05) is 30.3 Å². The quantitative estimate of drug-likeness (QED) is 0.638. The lowest BCUT2D eigenvalue weighted by molar-refractivity contribution is 0.0642.